The van der Waals surface area contributed by atoms with Gasteiger partial charge in [-0.3, -0.25) is 14.2 Å². The van der Waals surface area contributed by atoms with Crippen molar-refractivity contribution in [2.75, 3.05) is 0 Å². The van der Waals surface area contributed by atoms with Gasteiger partial charge in [-0.25, -0.2) is 18.7 Å². The molecule has 0 spiro atoms. The molecule has 3 aromatic heterocycles. The number of carbonyl (C=O) groups is 1. The van der Waals surface area contributed by atoms with Gasteiger partial charge in [-0.2, -0.15) is 4.98 Å². The average molecular weight is 543 g/mol. The van der Waals surface area contributed by atoms with Crippen LogP contribution >= 0.6 is 0 Å². The lowest BCUT2D eigenvalue weighted by Crippen LogP contribution is -2.24. The summed E-state index contributed by atoms with van der Waals surface area (Å²) in [6, 6.07) is 14.3. The zero-order valence-electron chi connectivity index (χ0n) is 20.7. The first kappa shape index (κ1) is 25.0. The predicted molar refractivity (Wildman–Crippen MR) is 139 cm³/mol. The second-order valence-electron chi connectivity index (χ2n) is 9.03. The summed E-state index contributed by atoms with van der Waals surface area (Å²) < 4.78 is 39.3. The van der Waals surface area contributed by atoms with Crippen molar-refractivity contribution in [3.8, 4) is 28.9 Å². The highest BCUT2D eigenvalue weighted by atomic mass is 19.1. The Balaban J connectivity index is 1.38. The lowest BCUT2D eigenvalue weighted by molar-refractivity contribution is -0.137. The molecule has 6 rings (SSSR count). The number of nitrogens with zero attached hydrogens (tertiary/aromatic N) is 5. The van der Waals surface area contributed by atoms with Crippen LogP contribution in [-0.2, 0) is 11.2 Å². The summed E-state index contributed by atoms with van der Waals surface area (Å²) >= 11 is 0. The van der Waals surface area contributed by atoms with Crippen molar-refractivity contribution in [2.45, 2.75) is 25.7 Å². The number of carboxylic acids is 1. The Hall–Kier alpha value is -5.26. The van der Waals surface area contributed by atoms with Crippen LogP contribution in [0.1, 0.15) is 25.1 Å². The molecular formula is C28H19F2N5O5. The molecular weight excluding hydrogens is 524 g/mol. The average Bonchev–Trinajstić information content (AvgIpc) is 3.59. The van der Waals surface area contributed by atoms with Gasteiger partial charge in [0.1, 0.15) is 23.0 Å². The highest BCUT2D eigenvalue weighted by Gasteiger charge is 2.19. The van der Waals surface area contributed by atoms with E-state index in [1.165, 1.54) is 47.0 Å². The Bertz CT molecular complexity index is 1950. The molecule has 0 amide bonds. The first-order valence-electron chi connectivity index (χ1n) is 12.3. The minimum absolute atomic E-state index is 0.00625. The molecule has 0 aliphatic heterocycles. The van der Waals surface area contributed by atoms with Crippen molar-refractivity contribution < 1.29 is 27.6 Å². The number of aromatic nitrogens is 5. The SMILES string of the molecule is O=C(O)CCCCc1nc2cc(-c3noc(-c4nc5ccc(F)cc5o4)n3)ccc2c(=O)n1-c1ccc(F)cc1. The van der Waals surface area contributed by atoms with E-state index in [1.807, 2.05) is 0 Å². The van der Waals surface area contributed by atoms with E-state index < -0.39 is 17.6 Å². The normalized spacial score (nSPS) is 11.4. The number of benzene rings is 3. The number of hydrogen-bond acceptors (Lipinski definition) is 8. The van der Waals surface area contributed by atoms with E-state index in [0.29, 0.717) is 52.8 Å². The molecule has 3 heterocycles. The topological polar surface area (TPSA) is 137 Å². The van der Waals surface area contributed by atoms with Crippen LogP contribution < -0.4 is 5.56 Å². The summed E-state index contributed by atoms with van der Waals surface area (Å²) in [5.74, 6) is -1.20. The summed E-state index contributed by atoms with van der Waals surface area (Å²) in [4.78, 5) is 37.8. The van der Waals surface area contributed by atoms with E-state index in [-0.39, 0.29) is 35.2 Å². The second-order valence-corrected chi connectivity index (χ2v) is 9.03. The number of halogens is 2. The number of aliphatic carboxylic acids is 1. The summed E-state index contributed by atoms with van der Waals surface area (Å²) in [6.45, 7) is 0. The fraction of sp³-hybridized carbons (Fsp3) is 0.143. The van der Waals surface area contributed by atoms with Crippen LogP contribution in [-0.4, -0.2) is 35.8 Å². The van der Waals surface area contributed by atoms with Crippen LogP contribution in [0.2, 0.25) is 0 Å². The maximum atomic E-state index is 13.6. The summed E-state index contributed by atoms with van der Waals surface area (Å²) in [5.41, 5.74) is 1.63. The largest absolute Gasteiger partial charge is 0.481 e. The van der Waals surface area contributed by atoms with Gasteiger partial charge in [0.15, 0.2) is 5.58 Å². The molecule has 12 heteroatoms. The van der Waals surface area contributed by atoms with Crippen LogP contribution in [0.3, 0.4) is 0 Å². The summed E-state index contributed by atoms with van der Waals surface area (Å²) in [5, 5.41) is 13.3. The highest BCUT2D eigenvalue weighted by Crippen LogP contribution is 2.27. The first-order chi connectivity index (χ1) is 19.4. The first-order valence-corrected chi connectivity index (χ1v) is 12.3. The van der Waals surface area contributed by atoms with Gasteiger partial charge in [0, 0.05) is 24.5 Å². The van der Waals surface area contributed by atoms with Gasteiger partial charge < -0.3 is 14.0 Å². The lowest BCUT2D eigenvalue weighted by Gasteiger charge is -2.14. The van der Waals surface area contributed by atoms with Gasteiger partial charge in [-0.15, -0.1) is 0 Å². The van der Waals surface area contributed by atoms with Crippen molar-refractivity contribution in [2.24, 2.45) is 0 Å². The molecule has 40 heavy (non-hydrogen) atoms. The fourth-order valence-corrected chi connectivity index (χ4v) is 4.37. The van der Waals surface area contributed by atoms with Gasteiger partial charge >= 0.3 is 11.9 Å². The number of carboxylic acid groups (broad SMARTS) is 1. The van der Waals surface area contributed by atoms with E-state index in [9.17, 15) is 18.4 Å². The Morgan fingerprint density at radius 3 is 2.48 bits per heavy atom. The minimum atomic E-state index is -0.906. The number of rotatable bonds is 8. The van der Waals surface area contributed by atoms with Crippen LogP contribution in [0, 0.1) is 11.6 Å². The van der Waals surface area contributed by atoms with Gasteiger partial charge in [0.2, 0.25) is 5.82 Å². The van der Waals surface area contributed by atoms with Crippen LogP contribution in [0.4, 0.5) is 8.78 Å². The summed E-state index contributed by atoms with van der Waals surface area (Å²) in [7, 11) is 0. The molecule has 10 nitrogen and oxygen atoms in total. The molecule has 0 saturated heterocycles. The molecule has 1 N–H and O–H groups in total. The van der Waals surface area contributed by atoms with Gasteiger partial charge in [0.25, 0.3) is 11.4 Å². The van der Waals surface area contributed by atoms with E-state index in [0.717, 1.165) is 0 Å². The third kappa shape index (κ3) is 4.82. The van der Waals surface area contributed by atoms with Crippen molar-refractivity contribution >= 4 is 28.0 Å². The van der Waals surface area contributed by atoms with Crippen molar-refractivity contribution in [1.29, 1.82) is 0 Å². The maximum Gasteiger partial charge on any atom is 0.314 e. The van der Waals surface area contributed by atoms with Gasteiger partial charge in [0.05, 0.1) is 16.6 Å². The lowest BCUT2D eigenvalue weighted by atomic mass is 10.1. The highest BCUT2D eigenvalue weighted by molar-refractivity contribution is 5.83. The third-order valence-corrected chi connectivity index (χ3v) is 6.28. The van der Waals surface area contributed by atoms with Crippen LogP contribution in [0.15, 0.2) is 74.4 Å². The zero-order chi connectivity index (χ0) is 27.8. The maximum absolute atomic E-state index is 13.6. The molecule has 0 radical (unpaired) electrons. The van der Waals surface area contributed by atoms with Gasteiger partial charge in [-0.1, -0.05) is 11.2 Å². The van der Waals surface area contributed by atoms with E-state index in [1.54, 1.807) is 18.2 Å². The molecule has 6 aromatic rings. The minimum Gasteiger partial charge on any atom is -0.481 e. The molecule has 0 aliphatic rings. The molecule has 0 fully saturated rings. The number of oxazole rings is 1. The van der Waals surface area contributed by atoms with E-state index in [2.05, 4.69) is 15.1 Å². The standard InChI is InChI=1S/C28H19F2N5O5/c29-16-6-9-18(10-7-16)35-23(3-1-2-4-24(36)37)31-21-13-15(5-11-19(21)28(35)38)25-33-27(40-34-25)26-32-20-12-8-17(30)14-22(20)39-26/h5-14H,1-4H2,(H,36,37). The Morgan fingerprint density at radius 2 is 1.68 bits per heavy atom. The molecule has 0 unspecified atom stereocenters. The number of fused-ring (bicyclic) bond motifs is 2. The molecule has 0 saturated carbocycles. The molecule has 0 bridgehead atoms. The summed E-state index contributed by atoms with van der Waals surface area (Å²) in [6.07, 6.45) is 1.20. The molecule has 200 valence electrons. The van der Waals surface area contributed by atoms with E-state index >= 15 is 0 Å². The molecule has 0 aliphatic carbocycles. The van der Waals surface area contributed by atoms with E-state index in [4.69, 9.17) is 19.0 Å². The fourth-order valence-electron chi connectivity index (χ4n) is 4.37. The Morgan fingerprint density at radius 1 is 0.875 bits per heavy atom. The van der Waals surface area contributed by atoms with Crippen molar-refractivity contribution in [3.05, 3.63) is 88.5 Å². The van der Waals surface area contributed by atoms with Crippen LogP contribution in [0.25, 0.3) is 50.9 Å². The van der Waals surface area contributed by atoms with Crippen molar-refractivity contribution in [3.63, 3.8) is 0 Å². The Labute approximate surface area is 223 Å². The number of aryl methyl sites for hydroxylation is 1. The number of hydrogen-bond donors (Lipinski definition) is 1. The van der Waals surface area contributed by atoms with Gasteiger partial charge in [-0.05, 0) is 61.4 Å². The number of unbranched alkanes of at least 4 members (excludes halogenated alkanes) is 1. The smallest absolute Gasteiger partial charge is 0.314 e. The zero-order valence-corrected chi connectivity index (χ0v) is 20.7. The molecule has 0 atom stereocenters. The van der Waals surface area contributed by atoms with Crippen molar-refractivity contribution in [1.82, 2.24) is 24.7 Å². The Kier molecular flexibility index (Phi) is 6.34. The van der Waals surface area contributed by atoms with Crippen LogP contribution in [0.5, 0.6) is 0 Å². The molecule has 3 aromatic carbocycles. The monoisotopic (exact) mass is 543 g/mol. The third-order valence-electron chi connectivity index (χ3n) is 6.28. The second kappa shape index (κ2) is 10.1. The predicted octanol–water partition coefficient (Wildman–Crippen LogP) is 5.32. The quantitative estimate of drug-likeness (QED) is 0.253.